The van der Waals surface area contributed by atoms with E-state index in [1.807, 2.05) is 19.1 Å². The van der Waals surface area contributed by atoms with Gasteiger partial charge in [-0.25, -0.2) is 0 Å². The molecule has 0 atom stereocenters. The fourth-order valence-electron chi connectivity index (χ4n) is 1.04. The smallest absolute Gasteiger partial charge is 0.269 e. The van der Waals surface area contributed by atoms with Crippen LogP contribution >= 0.6 is 0 Å². The molecule has 4 nitrogen and oxygen atoms in total. The van der Waals surface area contributed by atoms with Gasteiger partial charge in [0.15, 0.2) is 0 Å². The van der Waals surface area contributed by atoms with E-state index in [-0.39, 0.29) is 17.7 Å². The lowest BCUT2D eigenvalue weighted by molar-refractivity contribution is -0.124. The number of hydrazine groups is 1. The zero-order chi connectivity index (χ0) is 12.1. The number of nitrogens with one attached hydrogen (secondary N) is 2. The van der Waals surface area contributed by atoms with Crippen LogP contribution in [-0.4, -0.2) is 11.8 Å². The zero-order valence-corrected chi connectivity index (χ0v) is 9.70. The molecule has 0 aromatic heterocycles. The number of carbonyl (C=O) groups excluding carboxylic acids is 2. The van der Waals surface area contributed by atoms with Crippen molar-refractivity contribution in [2.24, 2.45) is 5.92 Å². The standard InChI is InChI=1S/C12H16N2O2/c1-8(2)11(15)13-14-12(16)10-6-4-9(3)5-7-10/h4-8H,1-3H3,(H,13,15)(H,14,16). The van der Waals surface area contributed by atoms with Gasteiger partial charge in [0, 0.05) is 11.5 Å². The van der Waals surface area contributed by atoms with E-state index in [0.29, 0.717) is 5.56 Å². The topological polar surface area (TPSA) is 58.2 Å². The first-order valence-corrected chi connectivity index (χ1v) is 5.17. The van der Waals surface area contributed by atoms with Crippen LogP contribution in [0.4, 0.5) is 0 Å². The molecule has 0 saturated carbocycles. The molecule has 0 spiro atoms. The van der Waals surface area contributed by atoms with Crippen molar-refractivity contribution < 1.29 is 9.59 Å². The molecule has 0 heterocycles. The van der Waals surface area contributed by atoms with Crippen LogP contribution in [-0.2, 0) is 4.79 Å². The van der Waals surface area contributed by atoms with E-state index in [2.05, 4.69) is 10.9 Å². The van der Waals surface area contributed by atoms with Gasteiger partial charge in [-0.05, 0) is 19.1 Å². The number of benzene rings is 1. The molecule has 1 rings (SSSR count). The largest absolute Gasteiger partial charge is 0.273 e. The summed E-state index contributed by atoms with van der Waals surface area (Å²) < 4.78 is 0. The molecule has 0 unspecified atom stereocenters. The first kappa shape index (κ1) is 12.2. The third-order valence-corrected chi connectivity index (χ3v) is 2.14. The van der Waals surface area contributed by atoms with E-state index in [1.165, 1.54) is 0 Å². The van der Waals surface area contributed by atoms with Gasteiger partial charge >= 0.3 is 0 Å². The summed E-state index contributed by atoms with van der Waals surface area (Å²) in [6, 6.07) is 7.12. The van der Waals surface area contributed by atoms with E-state index in [0.717, 1.165) is 5.56 Å². The molecule has 1 aromatic rings. The highest BCUT2D eigenvalue weighted by Crippen LogP contribution is 2.02. The summed E-state index contributed by atoms with van der Waals surface area (Å²) in [4.78, 5) is 22.8. The molecule has 0 aliphatic carbocycles. The summed E-state index contributed by atoms with van der Waals surface area (Å²) in [5, 5.41) is 0. The number of amides is 2. The Bertz CT molecular complexity index is 383. The molecule has 16 heavy (non-hydrogen) atoms. The Morgan fingerprint density at radius 2 is 1.62 bits per heavy atom. The summed E-state index contributed by atoms with van der Waals surface area (Å²) in [7, 11) is 0. The van der Waals surface area contributed by atoms with E-state index in [1.54, 1.807) is 26.0 Å². The minimum absolute atomic E-state index is 0.154. The summed E-state index contributed by atoms with van der Waals surface area (Å²) in [5.74, 6) is -0.673. The van der Waals surface area contributed by atoms with Crippen molar-refractivity contribution in [3.05, 3.63) is 35.4 Å². The molecule has 86 valence electrons. The van der Waals surface area contributed by atoms with Crippen LogP contribution in [0.1, 0.15) is 29.8 Å². The van der Waals surface area contributed by atoms with Crippen molar-refractivity contribution in [2.75, 3.05) is 0 Å². The minimum atomic E-state index is -0.311. The fourth-order valence-corrected chi connectivity index (χ4v) is 1.04. The van der Waals surface area contributed by atoms with Crippen LogP contribution in [0.2, 0.25) is 0 Å². The summed E-state index contributed by atoms with van der Waals surface area (Å²) in [6.07, 6.45) is 0. The van der Waals surface area contributed by atoms with Crippen molar-refractivity contribution in [2.45, 2.75) is 20.8 Å². The van der Waals surface area contributed by atoms with Gasteiger partial charge in [0.1, 0.15) is 0 Å². The molecule has 2 amide bonds. The Hall–Kier alpha value is -1.84. The lowest BCUT2D eigenvalue weighted by Crippen LogP contribution is -2.43. The van der Waals surface area contributed by atoms with Gasteiger partial charge in [0.25, 0.3) is 5.91 Å². The highest BCUT2D eigenvalue weighted by Gasteiger charge is 2.09. The SMILES string of the molecule is Cc1ccc(C(=O)NNC(=O)C(C)C)cc1. The van der Waals surface area contributed by atoms with Gasteiger partial charge in [-0.2, -0.15) is 0 Å². The quantitative estimate of drug-likeness (QED) is 0.740. The molecule has 0 aliphatic rings. The highest BCUT2D eigenvalue weighted by molar-refractivity contribution is 5.95. The second-order valence-electron chi connectivity index (χ2n) is 3.96. The van der Waals surface area contributed by atoms with Gasteiger partial charge in [0.2, 0.25) is 5.91 Å². The molecule has 0 radical (unpaired) electrons. The van der Waals surface area contributed by atoms with Crippen LogP contribution in [0.25, 0.3) is 0 Å². The number of hydrogen-bond donors (Lipinski definition) is 2. The maximum Gasteiger partial charge on any atom is 0.269 e. The lowest BCUT2D eigenvalue weighted by Gasteiger charge is -2.09. The normalized spacial score (nSPS) is 10.0. The van der Waals surface area contributed by atoms with Gasteiger partial charge in [-0.3, -0.25) is 20.4 Å². The molecule has 0 aliphatic heterocycles. The fraction of sp³-hybridized carbons (Fsp3) is 0.333. The average Bonchev–Trinajstić information content (AvgIpc) is 2.26. The van der Waals surface area contributed by atoms with Crippen LogP contribution in [0.15, 0.2) is 24.3 Å². The van der Waals surface area contributed by atoms with Crippen molar-refractivity contribution in [1.82, 2.24) is 10.9 Å². The van der Waals surface area contributed by atoms with Crippen molar-refractivity contribution >= 4 is 11.8 Å². The van der Waals surface area contributed by atoms with Gasteiger partial charge in [-0.15, -0.1) is 0 Å². The lowest BCUT2D eigenvalue weighted by atomic mass is 10.1. The summed E-state index contributed by atoms with van der Waals surface area (Å²) in [6.45, 7) is 5.46. The van der Waals surface area contributed by atoms with Crippen molar-refractivity contribution in [1.29, 1.82) is 0 Å². The molecule has 0 saturated heterocycles. The maximum absolute atomic E-state index is 11.6. The Kier molecular flexibility index (Phi) is 4.05. The number of aryl methyl sites for hydroxylation is 1. The molecule has 2 N–H and O–H groups in total. The van der Waals surface area contributed by atoms with Crippen molar-refractivity contribution in [3.8, 4) is 0 Å². The van der Waals surface area contributed by atoms with E-state index >= 15 is 0 Å². The Labute approximate surface area is 95.0 Å². The van der Waals surface area contributed by atoms with Gasteiger partial charge in [-0.1, -0.05) is 31.5 Å². The number of rotatable bonds is 2. The van der Waals surface area contributed by atoms with Gasteiger partial charge < -0.3 is 0 Å². The first-order valence-electron chi connectivity index (χ1n) is 5.17. The second kappa shape index (κ2) is 5.30. The monoisotopic (exact) mass is 220 g/mol. The molecular formula is C12H16N2O2. The molecular weight excluding hydrogens is 204 g/mol. The minimum Gasteiger partial charge on any atom is -0.273 e. The highest BCUT2D eigenvalue weighted by atomic mass is 16.2. The second-order valence-corrected chi connectivity index (χ2v) is 3.96. The average molecular weight is 220 g/mol. The van der Waals surface area contributed by atoms with Crippen molar-refractivity contribution in [3.63, 3.8) is 0 Å². The number of carbonyl (C=O) groups is 2. The Morgan fingerprint density at radius 3 is 2.12 bits per heavy atom. The predicted octanol–water partition coefficient (Wildman–Crippen LogP) is 1.41. The molecule has 0 bridgehead atoms. The van der Waals surface area contributed by atoms with Gasteiger partial charge in [0.05, 0.1) is 0 Å². The predicted molar refractivity (Wildman–Crippen MR) is 61.6 cm³/mol. The Morgan fingerprint density at radius 1 is 1.06 bits per heavy atom. The maximum atomic E-state index is 11.6. The molecule has 0 fully saturated rings. The number of hydrogen-bond acceptors (Lipinski definition) is 2. The summed E-state index contributed by atoms with van der Waals surface area (Å²) >= 11 is 0. The zero-order valence-electron chi connectivity index (χ0n) is 9.70. The van der Waals surface area contributed by atoms with Crippen LogP contribution in [0.3, 0.4) is 0 Å². The third-order valence-electron chi connectivity index (χ3n) is 2.14. The van der Waals surface area contributed by atoms with E-state index in [9.17, 15) is 9.59 Å². The third kappa shape index (κ3) is 3.38. The Balaban J connectivity index is 2.53. The van der Waals surface area contributed by atoms with Crippen LogP contribution in [0, 0.1) is 12.8 Å². The molecule has 4 heteroatoms. The van der Waals surface area contributed by atoms with E-state index in [4.69, 9.17) is 0 Å². The first-order chi connectivity index (χ1) is 7.50. The van der Waals surface area contributed by atoms with Crippen LogP contribution < -0.4 is 10.9 Å². The van der Waals surface area contributed by atoms with E-state index < -0.39 is 0 Å². The summed E-state index contributed by atoms with van der Waals surface area (Å²) in [5.41, 5.74) is 6.33. The van der Waals surface area contributed by atoms with Crippen LogP contribution in [0.5, 0.6) is 0 Å². The molecule has 1 aromatic carbocycles.